The van der Waals surface area contributed by atoms with Gasteiger partial charge in [0.15, 0.2) is 0 Å². The lowest BCUT2D eigenvalue weighted by atomic mass is 10.1. The maximum Gasteiger partial charge on any atom is -0.00219 e. The first-order valence-electron chi connectivity index (χ1n) is 6.21. The molecule has 16 heavy (non-hydrogen) atoms. The SMILES string of the molecule is C=C(/C=C(/C)C/C=C/CCCN(C)C)CC. The molecule has 0 heterocycles. The molecule has 0 fully saturated rings. The summed E-state index contributed by atoms with van der Waals surface area (Å²) in [5.74, 6) is 0. The van der Waals surface area contributed by atoms with Crippen LogP contribution in [0.2, 0.25) is 0 Å². The molecule has 0 bridgehead atoms. The van der Waals surface area contributed by atoms with Crippen molar-refractivity contribution in [3.8, 4) is 0 Å². The number of unbranched alkanes of at least 4 members (excludes halogenated alkanes) is 1. The Morgan fingerprint density at radius 1 is 1.25 bits per heavy atom. The Morgan fingerprint density at radius 3 is 2.50 bits per heavy atom. The second kappa shape index (κ2) is 9.41. The smallest absolute Gasteiger partial charge is 0.00219 e. The van der Waals surface area contributed by atoms with E-state index >= 15 is 0 Å². The van der Waals surface area contributed by atoms with Crippen molar-refractivity contribution >= 4 is 0 Å². The molecule has 0 amide bonds. The summed E-state index contributed by atoms with van der Waals surface area (Å²) >= 11 is 0. The Balaban J connectivity index is 3.67. The molecule has 92 valence electrons. The summed E-state index contributed by atoms with van der Waals surface area (Å²) in [6.07, 6.45) is 11.3. The monoisotopic (exact) mass is 221 g/mol. The molecule has 1 nitrogen and oxygen atoms in total. The first kappa shape index (κ1) is 15.2. The molecule has 0 aliphatic carbocycles. The fraction of sp³-hybridized carbons (Fsp3) is 0.600. The fourth-order valence-electron chi connectivity index (χ4n) is 1.42. The van der Waals surface area contributed by atoms with E-state index in [1.54, 1.807) is 0 Å². The van der Waals surface area contributed by atoms with Crippen LogP contribution in [0.3, 0.4) is 0 Å². The molecule has 0 aromatic rings. The number of nitrogens with zero attached hydrogens (tertiary/aromatic N) is 1. The van der Waals surface area contributed by atoms with Gasteiger partial charge in [0.1, 0.15) is 0 Å². The highest BCUT2D eigenvalue weighted by Crippen LogP contribution is 2.08. The first-order valence-corrected chi connectivity index (χ1v) is 6.21. The van der Waals surface area contributed by atoms with E-state index in [-0.39, 0.29) is 0 Å². The minimum atomic E-state index is 1.05. The van der Waals surface area contributed by atoms with Gasteiger partial charge in [-0.25, -0.2) is 0 Å². The number of hydrogen-bond donors (Lipinski definition) is 0. The normalized spacial score (nSPS) is 12.7. The van der Waals surface area contributed by atoms with E-state index in [1.165, 1.54) is 30.5 Å². The summed E-state index contributed by atoms with van der Waals surface area (Å²) in [6, 6.07) is 0. The molecule has 0 saturated carbocycles. The summed E-state index contributed by atoms with van der Waals surface area (Å²) in [5.41, 5.74) is 2.62. The van der Waals surface area contributed by atoms with Crippen LogP contribution in [-0.4, -0.2) is 25.5 Å². The van der Waals surface area contributed by atoms with Crippen LogP contribution in [0.25, 0.3) is 0 Å². The zero-order valence-corrected chi connectivity index (χ0v) is 11.4. The first-order chi connectivity index (χ1) is 7.56. The summed E-state index contributed by atoms with van der Waals surface area (Å²) in [4.78, 5) is 2.23. The zero-order valence-electron chi connectivity index (χ0n) is 11.4. The van der Waals surface area contributed by atoms with E-state index in [2.05, 4.69) is 57.6 Å². The van der Waals surface area contributed by atoms with Crippen LogP contribution >= 0.6 is 0 Å². The maximum atomic E-state index is 3.98. The van der Waals surface area contributed by atoms with Gasteiger partial charge >= 0.3 is 0 Å². The van der Waals surface area contributed by atoms with Crippen molar-refractivity contribution in [2.24, 2.45) is 0 Å². The molecule has 0 aliphatic rings. The second-order valence-corrected chi connectivity index (χ2v) is 4.62. The molecule has 1 heteroatoms. The van der Waals surface area contributed by atoms with Crippen LogP contribution in [0.5, 0.6) is 0 Å². The standard InChI is InChI=1S/C15H27N/c1-6-14(2)13-15(3)11-9-7-8-10-12-16(4)5/h7,9,13H,2,6,8,10-12H2,1,3-5H3/b9-7+,15-13-. The van der Waals surface area contributed by atoms with Crippen LogP contribution in [0.15, 0.2) is 36.0 Å². The van der Waals surface area contributed by atoms with Crippen molar-refractivity contribution in [3.05, 3.63) is 36.0 Å². The van der Waals surface area contributed by atoms with Crippen molar-refractivity contribution in [2.75, 3.05) is 20.6 Å². The summed E-state index contributed by atoms with van der Waals surface area (Å²) in [7, 11) is 4.24. The third-order valence-electron chi connectivity index (χ3n) is 2.49. The van der Waals surface area contributed by atoms with Gasteiger partial charge in [-0.1, -0.05) is 42.9 Å². The highest BCUT2D eigenvalue weighted by atomic mass is 15.0. The van der Waals surface area contributed by atoms with Gasteiger partial charge in [-0.15, -0.1) is 0 Å². The topological polar surface area (TPSA) is 3.24 Å². The van der Waals surface area contributed by atoms with E-state index in [0.29, 0.717) is 0 Å². The van der Waals surface area contributed by atoms with E-state index < -0.39 is 0 Å². The van der Waals surface area contributed by atoms with Gasteiger partial charge in [0.25, 0.3) is 0 Å². The van der Waals surface area contributed by atoms with Crippen LogP contribution < -0.4 is 0 Å². The lowest BCUT2D eigenvalue weighted by Crippen LogP contribution is -2.12. The van der Waals surface area contributed by atoms with Crippen LogP contribution in [-0.2, 0) is 0 Å². The van der Waals surface area contributed by atoms with Crippen LogP contribution in [0.4, 0.5) is 0 Å². The van der Waals surface area contributed by atoms with Gasteiger partial charge in [-0.3, -0.25) is 0 Å². The van der Waals surface area contributed by atoms with Gasteiger partial charge in [-0.05, 0) is 53.2 Å². The highest BCUT2D eigenvalue weighted by molar-refractivity contribution is 5.20. The molecule has 0 aromatic heterocycles. The molecule has 0 N–H and O–H groups in total. The lowest BCUT2D eigenvalue weighted by molar-refractivity contribution is 0.402. The van der Waals surface area contributed by atoms with Gasteiger partial charge < -0.3 is 4.90 Å². The predicted octanol–water partition coefficient (Wildman–Crippen LogP) is 4.19. The lowest BCUT2D eigenvalue weighted by Gasteiger charge is -2.06. The van der Waals surface area contributed by atoms with E-state index in [9.17, 15) is 0 Å². The Labute approximate surface area is 102 Å². The Morgan fingerprint density at radius 2 is 1.94 bits per heavy atom. The summed E-state index contributed by atoms with van der Waals surface area (Å²) in [6.45, 7) is 9.47. The van der Waals surface area contributed by atoms with E-state index in [0.717, 1.165) is 12.8 Å². The van der Waals surface area contributed by atoms with Crippen molar-refractivity contribution in [3.63, 3.8) is 0 Å². The molecular weight excluding hydrogens is 194 g/mol. The van der Waals surface area contributed by atoms with Crippen molar-refractivity contribution in [1.29, 1.82) is 0 Å². The Hall–Kier alpha value is -0.820. The molecule has 0 aliphatic heterocycles. The van der Waals surface area contributed by atoms with Crippen molar-refractivity contribution in [2.45, 2.75) is 39.5 Å². The van der Waals surface area contributed by atoms with E-state index in [4.69, 9.17) is 0 Å². The Kier molecular flexibility index (Phi) is 8.93. The number of rotatable bonds is 8. The molecule has 0 unspecified atom stereocenters. The average Bonchev–Trinajstić information content (AvgIpc) is 2.22. The molecule has 0 saturated heterocycles. The maximum absolute atomic E-state index is 3.98. The zero-order chi connectivity index (χ0) is 12.4. The van der Waals surface area contributed by atoms with Gasteiger partial charge in [-0.2, -0.15) is 0 Å². The fourth-order valence-corrected chi connectivity index (χ4v) is 1.42. The third-order valence-corrected chi connectivity index (χ3v) is 2.49. The summed E-state index contributed by atoms with van der Waals surface area (Å²) < 4.78 is 0. The minimum Gasteiger partial charge on any atom is -0.309 e. The average molecular weight is 221 g/mol. The van der Waals surface area contributed by atoms with Gasteiger partial charge in [0, 0.05) is 0 Å². The number of allylic oxidation sites excluding steroid dienone is 5. The minimum absolute atomic E-state index is 1.05. The van der Waals surface area contributed by atoms with Crippen LogP contribution in [0.1, 0.15) is 39.5 Å². The third kappa shape index (κ3) is 9.72. The summed E-state index contributed by atoms with van der Waals surface area (Å²) in [5, 5.41) is 0. The largest absolute Gasteiger partial charge is 0.309 e. The van der Waals surface area contributed by atoms with E-state index in [1.807, 2.05) is 0 Å². The molecular formula is C15H27N. The van der Waals surface area contributed by atoms with Gasteiger partial charge in [0.2, 0.25) is 0 Å². The molecule has 0 atom stereocenters. The molecule has 0 spiro atoms. The number of hydrogen-bond acceptors (Lipinski definition) is 1. The predicted molar refractivity (Wildman–Crippen MR) is 74.7 cm³/mol. The second-order valence-electron chi connectivity index (χ2n) is 4.62. The van der Waals surface area contributed by atoms with Crippen molar-refractivity contribution < 1.29 is 0 Å². The van der Waals surface area contributed by atoms with Crippen LogP contribution in [0, 0.1) is 0 Å². The molecule has 0 aromatic carbocycles. The molecule has 0 radical (unpaired) electrons. The van der Waals surface area contributed by atoms with Gasteiger partial charge in [0.05, 0.1) is 0 Å². The van der Waals surface area contributed by atoms with Crippen molar-refractivity contribution in [1.82, 2.24) is 4.90 Å². The quantitative estimate of drug-likeness (QED) is 0.337. The highest BCUT2D eigenvalue weighted by Gasteiger charge is 1.89. The molecule has 0 rings (SSSR count). The Bertz CT molecular complexity index is 246.